The zero-order valence-corrected chi connectivity index (χ0v) is 9.97. The van der Waals surface area contributed by atoms with Crippen molar-refractivity contribution < 1.29 is 10.2 Å². The molecule has 3 N–H and O–H groups in total. The molecular formula is C12H15NO2S. The molecule has 1 aliphatic rings. The van der Waals surface area contributed by atoms with Crippen LogP contribution in [0.15, 0.2) is 18.2 Å². The molecule has 0 unspecified atom stereocenters. The van der Waals surface area contributed by atoms with Crippen LogP contribution >= 0.6 is 11.8 Å². The highest BCUT2D eigenvalue weighted by Gasteiger charge is 2.37. The number of aromatic hydroxyl groups is 2. The fourth-order valence-corrected chi connectivity index (χ4v) is 2.50. The number of thioether (sulfide) groups is 1. The van der Waals surface area contributed by atoms with Gasteiger partial charge in [0.05, 0.1) is 5.04 Å². The molecule has 0 heterocycles. The predicted molar refractivity (Wildman–Crippen MR) is 66.4 cm³/mol. The van der Waals surface area contributed by atoms with Gasteiger partial charge in [-0.15, -0.1) is 11.8 Å². The minimum Gasteiger partial charge on any atom is -0.508 e. The molecule has 86 valence electrons. The molecule has 1 fully saturated rings. The van der Waals surface area contributed by atoms with Crippen LogP contribution in [0.2, 0.25) is 0 Å². The van der Waals surface area contributed by atoms with Gasteiger partial charge in [-0.3, -0.25) is 5.41 Å². The van der Waals surface area contributed by atoms with E-state index in [0.29, 0.717) is 16.0 Å². The number of hydrogen-bond donors (Lipinski definition) is 3. The molecule has 4 heteroatoms. The van der Waals surface area contributed by atoms with Crippen LogP contribution < -0.4 is 0 Å². The van der Waals surface area contributed by atoms with Crippen molar-refractivity contribution in [2.75, 3.05) is 5.75 Å². The number of benzene rings is 1. The summed E-state index contributed by atoms with van der Waals surface area (Å²) >= 11 is 1.46. The molecule has 0 atom stereocenters. The molecule has 1 aromatic carbocycles. The Morgan fingerprint density at radius 3 is 2.69 bits per heavy atom. The van der Waals surface area contributed by atoms with E-state index < -0.39 is 0 Å². The van der Waals surface area contributed by atoms with Crippen LogP contribution in [0, 0.1) is 10.8 Å². The van der Waals surface area contributed by atoms with Crippen LogP contribution in [0.25, 0.3) is 0 Å². The van der Waals surface area contributed by atoms with Crippen molar-refractivity contribution >= 4 is 16.8 Å². The normalized spacial score (nSPS) is 17.1. The van der Waals surface area contributed by atoms with Crippen LogP contribution in [0.1, 0.15) is 25.3 Å². The lowest BCUT2D eigenvalue weighted by Crippen LogP contribution is -2.02. The monoisotopic (exact) mass is 237 g/mol. The second-order valence-electron chi connectivity index (χ2n) is 4.63. The summed E-state index contributed by atoms with van der Waals surface area (Å²) in [7, 11) is 0. The molecule has 0 radical (unpaired) electrons. The van der Waals surface area contributed by atoms with E-state index in [1.165, 1.54) is 36.7 Å². The van der Waals surface area contributed by atoms with E-state index in [1.807, 2.05) is 0 Å². The van der Waals surface area contributed by atoms with Gasteiger partial charge in [-0.2, -0.15) is 0 Å². The summed E-state index contributed by atoms with van der Waals surface area (Å²) in [5, 5.41) is 27.0. The lowest BCUT2D eigenvalue weighted by molar-refractivity contribution is 0.450. The summed E-state index contributed by atoms with van der Waals surface area (Å²) in [5.74, 6) is 0.915. The molecule has 16 heavy (non-hydrogen) atoms. The van der Waals surface area contributed by atoms with E-state index >= 15 is 0 Å². The van der Waals surface area contributed by atoms with Gasteiger partial charge in [0.2, 0.25) is 0 Å². The van der Waals surface area contributed by atoms with Crippen LogP contribution in [-0.4, -0.2) is 21.0 Å². The Bertz CT molecular complexity index is 427. The SMILES string of the molecule is CC1(CSC(=N)c2ccc(O)cc2O)CC1. The van der Waals surface area contributed by atoms with E-state index in [0.717, 1.165) is 5.75 Å². The Morgan fingerprint density at radius 1 is 1.44 bits per heavy atom. The van der Waals surface area contributed by atoms with Crippen LogP contribution in [0.3, 0.4) is 0 Å². The summed E-state index contributed by atoms with van der Waals surface area (Å²) < 4.78 is 0. The molecule has 3 nitrogen and oxygen atoms in total. The Hall–Kier alpha value is -1.16. The van der Waals surface area contributed by atoms with Crippen molar-refractivity contribution in [3.8, 4) is 11.5 Å². The fourth-order valence-electron chi connectivity index (χ4n) is 1.39. The van der Waals surface area contributed by atoms with Crippen molar-refractivity contribution in [2.24, 2.45) is 5.41 Å². The largest absolute Gasteiger partial charge is 0.508 e. The lowest BCUT2D eigenvalue weighted by atomic mass is 10.2. The highest BCUT2D eigenvalue weighted by atomic mass is 32.2. The van der Waals surface area contributed by atoms with E-state index in [-0.39, 0.29) is 11.5 Å². The van der Waals surface area contributed by atoms with Crippen molar-refractivity contribution in [2.45, 2.75) is 19.8 Å². The first-order valence-electron chi connectivity index (χ1n) is 5.24. The van der Waals surface area contributed by atoms with E-state index in [2.05, 4.69) is 6.92 Å². The van der Waals surface area contributed by atoms with Crippen LogP contribution in [0.4, 0.5) is 0 Å². The molecule has 0 saturated heterocycles. The second kappa shape index (κ2) is 4.01. The third-order valence-electron chi connectivity index (χ3n) is 2.89. The van der Waals surface area contributed by atoms with Gasteiger partial charge in [0, 0.05) is 17.4 Å². The maximum absolute atomic E-state index is 9.59. The summed E-state index contributed by atoms with van der Waals surface area (Å²) in [6.07, 6.45) is 2.46. The third-order valence-corrected chi connectivity index (χ3v) is 4.24. The Morgan fingerprint density at radius 2 is 2.12 bits per heavy atom. The third kappa shape index (κ3) is 2.50. The standard InChI is InChI=1S/C12H15NO2S/c1-12(4-5-12)7-16-11(13)9-3-2-8(14)6-10(9)15/h2-3,6,13-15H,4-5,7H2,1H3. The number of phenolic OH excluding ortho intramolecular Hbond substituents is 2. The Balaban J connectivity index is 2.02. The fraction of sp³-hybridized carbons (Fsp3) is 0.417. The summed E-state index contributed by atoms with van der Waals surface area (Å²) in [6.45, 7) is 2.21. The van der Waals surface area contributed by atoms with Gasteiger partial charge in [0.15, 0.2) is 0 Å². The molecule has 0 bridgehead atoms. The van der Waals surface area contributed by atoms with E-state index in [9.17, 15) is 5.11 Å². The van der Waals surface area contributed by atoms with Gasteiger partial charge >= 0.3 is 0 Å². The Kier molecular flexibility index (Phi) is 2.84. The molecule has 2 rings (SSSR count). The summed E-state index contributed by atoms with van der Waals surface area (Å²) in [5.41, 5.74) is 0.885. The van der Waals surface area contributed by atoms with Gasteiger partial charge in [-0.25, -0.2) is 0 Å². The van der Waals surface area contributed by atoms with Crippen molar-refractivity contribution in [1.82, 2.24) is 0 Å². The minimum atomic E-state index is -0.0292. The van der Waals surface area contributed by atoms with Gasteiger partial charge < -0.3 is 10.2 Å². The predicted octanol–water partition coefficient (Wildman–Crippen LogP) is 2.96. The highest BCUT2D eigenvalue weighted by Crippen LogP contribution is 2.47. The molecular weight excluding hydrogens is 222 g/mol. The van der Waals surface area contributed by atoms with Crippen molar-refractivity contribution in [3.63, 3.8) is 0 Å². The lowest BCUT2D eigenvalue weighted by Gasteiger charge is -2.09. The number of rotatable bonds is 3. The topological polar surface area (TPSA) is 64.3 Å². The number of phenols is 2. The second-order valence-corrected chi connectivity index (χ2v) is 5.62. The zero-order valence-electron chi connectivity index (χ0n) is 9.16. The summed E-state index contributed by atoms with van der Waals surface area (Å²) in [6, 6.07) is 4.33. The maximum Gasteiger partial charge on any atom is 0.129 e. The average Bonchev–Trinajstić information content (AvgIpc) is 2.94. The molecule has 0 aliphatic heterocycles. The maximum atomic E-state index is 9.59. The van der Waals surface area contributed by atoms with Crippen LogP contribution in [0.5, 0.6) is 11.5 Å². The van der Waals surface area contributed by atoms with Crippen molar-refractivity contribution in [1.29, 1.82) is 5.41 Å². The molecule has 1 aliphatic carbocycles. The van der Waals surface area contributed by atoms with Gasteiger partial charge in [-0.1, -0.05) is 6.92 Å². The van der Waals surface area contributed by atoms with Gasteiger partial charge in [0.25, 0.3) is 0 Å². The number of nitrogens with one attached hydrogen (secondary N) is 1. The zero-order chi connectivity index (χ0) is 11.8. The first-order chi connectivity index (χ1) is 7.50. The molecule has 1 saturated carbocycles. The van der Waals surface area contributed by atoms with E-state index in [4.69, 9.17) is 10.5 Å². The average molecular weight is 237 g/mol. The molecule has 1 aromatic rings. The minimum absolute atomic E-state index is 0.0215. The highest BCUT2D eigenvalue weighted by molar-refractivity contribution is 8.14. The first-order valence-corrected chi connectivity index (χ1v) is 6.22. The van der Waals surface area contributed by atoms with Gasteiger partial charge in [-0.05, 0) is 30.4 Å². The van der Waals surface area contributed by atoms with Crippen molar-refractivity contribution in [3.05, 3.63) is 23.8 Å². The van der Waals surface area contributed by atoms with E-state index in [1.54, 1.807) is 6.07 Å². The molecule has 0 aromatic heterocycles. The summed E-state index contributed by atoms with van der Waals surface area (Å²) in [4.78, 5) is 0. The smallest absolute Gasteiger partial charge is 0.129 e. The number of hydrogen-bond acceptors (Lipinski definition) is 4. The first kappa shape index (κ1) is 11.3. The van der Waals surface area contributed by atoms with Crippen LogP contribution in [-0.2, 0) is 0 Å². The van der Waals surface area contributed by atoms with Gasteiger partial charge in [0.1, 0.15) is 11.5 Å². The molecule has 0 amide bonds. The molecule has 0 spiro atoms. The Labute approximate surface area is 99.0 Å². The quantitative estimate of drug-likeness (QED) is 0.559.